The zero-order valence-electron chi connectivity index (χ0n) is 12.5. The molecular formula is C15H23FN2O2. The molecule has 0 saturated heterocycles. The van der Waals surface area contributed by atoms with Gasteiger partial charge in [0.2, 0.25) is 0 Å². The molecular weight excluding hydrogens is 259 g/mol. The van der Waals surface area contributed by atoms with Crippen LogP contribution >= 0.6 is 0 Å². The minimum Gasteiger partial charge on any atom is -0.393 e. The number of hydrogen-bond acceptors (Lipinski definition) is 4. The number of aliphatic hydroxyl groups excluding tert-OH is 1. The van der Waals surface area contributed by atoms with E-state index < -0.39 is 6.10 Å². The molecule has 0 bridgehead atoms. The van der Waals surface area contributed by atoms with Gasteiger partial charge < -0.3 is 15.3 Å². The summed E-state index contributed by atoms with van der Waals surface area (Å²) in [6.45, 7) is 8.40. The Morgan fingerprint density at radius 2 is 1.95 bits per heavy atom. The molecule has 0 aliphatic rings. The lowest BCUT2D eigenvalue weighted by Crippen LogP contribution is -2.42. The van der Waals surface area contributed by atoms with Crippen molar-refractivity contribution in [2.24, 2.45) is 5.16 Å². The Morgan fingerprint density at radius 3 is 2.50 bits per heavy atom. The molecule has 0 aromatic heterocycles. The normalized spacial score (nSPS) is 14.2. The van der Waals surface area contributed by atoms with Crippen LogP contribution in [0.1, 0.15) is 33.3 Å². The third-order valence-corrected chi connectivity index (χ3v) is 2.60. The predicted octanol–water partition coefficient (Wildman–Crippen LogP) is 2.32. The lowest BCUT2D eigenvalue weighted by Gasteiger charge is -2.22. The number of rotatable bonds is 6. The lowest BCUT2D eigenvalue weighted by molar-refractivity contribution is 0.0373. The molecule has 0 amide bonds. The molecule has 112 valence electrons. The van der Waals surface area contributed by atoms with E-state index in [2.05, 4.69) is 10.5 Å². The average molecular weight is 282 g/mol. The van der Waals surface area contributed by atoms with E-state index in [-0.39, 0.29) is 18.0 Å². The van der Waals surface area contributed by atoms with Gasteiger partial charge in [0.05, 0.1) is 5.71 Å². The highest BCUT2D eigenvalue weighted by molar-refractivity contribution is 5.98. The summed E-state index contributed by atoms with van der Waals surface area (Å²) in [5.41, 5.74) is 1.38. The number of oxime groups is 1. The van der Waals surface area contributed by atoms with Crippen LogP contribution in [-0.4, -0.2) is 35.6 Å². The largest absolute Gasteiger partial charge is 0.393 e. The van der Waals surface area contributed by atoms with E-state index in [0.717, 1.165) is 5.56 Å². The molecule has 1 aromatic rings. The first-order valence-electron chi connectivity index (χ1n) is 6.63. The summed E-state index contributed by atoms with van der Waals surface area (Å²) in [7, 11) is 0. The first-order valence-corrected chi connectivity index (χ1v) is 6.63. The van der Waals surface area contributed by atoms with Crippen LogP contribution < -0.4 is 5.32 Å². The summed E-state index contributed by atoms with van der Waals surface area (Å²) >= 11 is 0. The minimum absolute atomic E-state index is 0.0473. The SMILES string of the molecule is C/C(=N\OCC(O)CNC(C)(C)C)c1ccc(F)cc1. The zero-order chi connectivity index (χ0) is 15.2. The fourth-order valence-electron chi connectivity index (χ4n) is 1.45. The smallest absolute Gasteiger partial charge is 0.144 e. The van der Waals surface area contributed by atoms with Gasteiger partial charge >= 0.3 is 0 Å². The van der Waals surface area contributed by atoms with Crippen molar-refractivity contribution in [3.8, 4) is 0 Å². The highest BCUT2D eigenvalue weighted by Gasteiger charge is 2.12. The number of benzene rings is 1. The Bertz CT molecular complexity index is 438. The standard InChI is InChI=1S/C15H23FN2O2/c1-11(12-5-7-13(16)8-6-12)18-20-10-14(19)9-17-15(2,3)4/h5-8,14,17,19H,9-10H2,1-4H3/b18-11+. The number of aliphatic hydroxyl groups is 1. The molecule has 0 fully saturated rings. The molecule has 1 atom stereocenters. The summed E-state index contributed by atoms with van der Waals surface area (Å²) in [6.07, 6.45) is -0.626. The topological polar surface area (TPSA) is 53.9 Å². The highest BCUT2D eigenvalue weighted by atomic mass is 19.1. The number of hydrogen-bond donors (Lipinski definition) is 2. The molecule has 20 heavy (non-hydrogen) atoms. The number of nitrogens with one attached hydrogen (secondary N) is 1. The summed E-state index contributed by atoms with van der Waals surface area (Å²) in [6, 6.07) is 6.01. The van der Waals surface area contributed by atoms with E-state index in [4.69, 9.17) is 4.84 Å². The van der Waals surface area contributed by atoms with Crippen LogP contribution in [0.5, 0.6) is 0 Å². The molecule has 0 aliphatic carbocycles. The quantitative estimate of drug-likeness (QED) is 0.622. The molecule has 5 heteroatoms. The molecule has 0 spiro atoms. The monoisotopic (exact) mass is 282 g/mol. The lowest BCUT2D eigenvalue weighted by atomic mass is 10.1. The van der Waals surface area contributed by atoms with Crippen LogP contribution in [0.4, 0.5) is 4.39 Å². The minimum atomic E-state index is -0.626. The predicted molar refractivity (Wildman–Crippen MR) is 78.3 cm³/mol. The van der Waals surface area contributed by atoms with Crippen LogP contribution in [0.3, 0.4) is 0 Å². The Morgan fingerprint density at radius 1 is 1.35 bits per heavy atom. The molecule has 2 N–H and O–H groups in total. The molecule has 0 aliphatic heterocycles. The van der Waals surface area contributed by atoms with E-state index in [1.807, 2.05) is 20.8 Å². The molecule has 0 saturated carbocycles. The van der Waals surface area contributed by atoms with E-state index in [1.54, 1.807) is 19.1 Å². The van der Waals surface area contributed by atoms with Crippen LogP contribution in [0, 0.1) is 5.82 Å². The zero-order valence-corrected chi connectivity index (χ0v) is 12.5. The van der Waals surface area contributed by atoms with Gasteiger partial charge in [-0.05, 0) is 45.4 Å². The van der Waals surface area contributed by atoms with Gasteiger partial charge in [0, 0.05) is 12.1 Å². The summed E-state index contributed by atoms with van der Waals surface area (Å²) < 4.78 is 12.8. The van der Waals surface area contributed by atoms with Crippen LogP contribution in [0.25, 0.3) is 0 Å². The van der Waals surface area contributed by atoms with Gasteiger partial charge in [0.15, 0.2) is 0 Å². The Kier molecular flexibility index (Phi) is 6.10. The number of β-amino-alcohol motifs (C(OH)–C–C–N with tert-alkyl or cyclic N) is 1. The van der Waals surface area contributed by atoms with Crippen molar-refractivity contribution in [1.29, 1.82) is 0 Å². The Labute approximate surface area is 119 Å². The molecule has 1 aromatic carbocycles. The van der Waals surface area contributed by atoms with Gasteiger partial charge in [-0.2, -0.15) is 0 Å². The summed E-state index contributed by atoms with van der Waals surface area (Å²) in [5, 5.41) is 16.8. The van der Waals surface area contributed by atoms with Gasteiger partial charge in [0.25, 0.3) is 0 Å². The molecule has 0 heterocycles. The first kappa shape index (κ1) is 16.6. The van der Waals surface area contributed by atoms with Crippen molar-refractivity contribution in [3.63, 3.8) is 0 Å². The second-order valence-electron chi connectivity index (χ2n) is 5.76. The van der Waals surface area contributed by atoms with Gasteiger partial charge in [-0.25, -0.2) is 4.39 Å². The van der Waals surface area contributed by atoms with E-state index in [1.165, 1.54) is 12.1 Å². The Balaban J connectivity index is 2.38. The fraction of sp³-hybridized carbons (Fsp3) is 0.533. The van der Waals surface area contributed by atoms with Gasteiger partial charge in [-0.1, -0.05) is 17.3 Å². The average Bonchev–Trinajstić information content (AvgIpc) is 2.36. The third kappa shape index (κ3) is 6.63. The van der Waals surface area contributed by atoms with E-state index in [9.17, 15) is 9.50 Å². The van der Waals surface area contributed by atoms with Crippen LogP contribution in [-0.2, 0) is 4.84 Å². The first-order chi connectivity index (χ1) is 9.28. The van der Waals surface area contributed by atoms with Gasteiger partial charge in [0.1, 0.15) is 18.5 Å². The third-order valence-electron chi connectivity index (χ3n) is 2.60. The van der Waals surface area contributed by atoms with Crippen molar-refractivity contribution >= 4 is 5.71 Å². The highest BCUT2D eigenvalue weighted by Crippen LogP contribution is 2.05. The van der Waals surface area contributed by atoms with E-state index >= 15 is 0 Å². The second-order valence-corrected chi connectivity index (χ2v) is 5.76. The number of nitrogens with zero attached hydrogens (tertiary/aromatic N) is 1. The Hall–Kier alpha value is -1.46. The maximum Gasteiger partial charge on any atom is 0.144 e. The van der Waals surface area contributed by atoms with Crippen molar-refractivity contribution in [1.82, 2.24) is 5.32 Å². The van der Waals surface area contributed by atoms with Gasteiger partial charge in [-0.3, -0.25) is 0 Å². The second kappa shape index (κ2) is 7.36. The van der Waals surface area contributed by atoms with Crippen molar-refractivity contribution in [3.05, 3.63) is 35.6 Å². The van der Waals surface area contributed by atoms with Crippen LogP contribution in [0.2, 0.25) is 0 Å². The van der Waals surface area contributed by atoms with Crippen molar-refractivity contribution < 1.29 is 14.3 Å². The maximum absolute atomic E-state index is 12.8. The van der Waals surface area contributed by atoms with E-state index in [0.29, 0.717) is 12.3 Å². The molecule has 1 rings (SSSR count). The van der Waals surface area contributed by atoms with Crippen molar-refractivity contribution in [2.75, 3.05) is 13.2 Å². The molecule has 0 radical (unpaired) electrons. The van der Waals surface area contributed by atoms with Crippen LogP contribution in [0.15, 0.2) is 29.4 Å². The van der Waals surface area contributed by atoms with Gasteiger partial charge in [-0.15, -0.1) is 0 Å². The maximum atomic E-state index is 12.8. The summed E-state index contributed by atoms with van der Waals surface area (Å²) in [4.78, 5) is 5.11. The summed E-state index contributed by atoms with van der Waals surface area (Å²) in [5.74, 6) is -0.286. The molecule has 1 unspecified atom stereocenters. The fourth-order valence-corrected chi connectivity index (χ4v) is 1.45. The molecule has 4 nitrogen and oxygen atoms in total. The van der Waals surface area contributed by atoms with Crippen molar-refractivity contribution in [2.45, 2.75) is 39.3 Å². The number of halogens is 1.